The molecule has 1 atom stereocenters. The molecular formula is C26H32FN3O4+2. The predicted octanol–water partition coefficient (Wildman–Crippen LogP) is 0.497. The molecule has 180 valence electrons. The number of halogens is 1. The summed E-state index contributed by atoms with van der Waals surface area (Å²) in [7, 11) is 0. The Hall–Kier alpha value is -3.23. The molecule has 2 aliphatic rings. The monoisotopic (exact) mass is 469 g/mol. The van der Waals surface area contributed by atoms with Gasteiger partial charge in [0.1, 0.15) is 43.5 Å². The first-order chi connectivity index (χ1) is 16.3. The van der Waals surface area contributed by atoms with Gasteiger partial charge in [-0.05, 0) is 55.8 Å². The zero-order valence-electron chi connectivity index (χ0n) is 19.6. The normalized spacial score (nSPS) is 20.8. The minimum atomic E-state index is -0.775. The van der Waals surface area contributed by atoms with Gasteiger partial charge in [-0.15, -0.1) is 0 Å². The van der Waals surface area contributed by atoms with Crippen LogP contribution in [0.2, 0.25) is 0 Å². The lowest BCUT2D eigenvalue weighted by molar-refractivity contribution is -0.946. The lowest BCUT2D eigenvalue weighted by Gasteiger charge is -2.28. The summed E-state index contributed by atoms with van der Waals surface area (Å²) in [6, 6.07) is 11.7. The SMILES string of the molecule is CC(C)Oc1ccc(C(O)=C2C(=O)C(=O)N(CC[NH+]3CC[NH2+]CC3)[C@H]2c2ccc(F)cc2)cc1. The van der Waals surface area contributed by atoms with Crippen molar-refractivity contribution in [3.63, 3.8) is 0 Å². The summed E-state index contributed by atoms with van der Waals surface area (Å²) < 4.78 is 19.3. The molecule has 4 rings (SSSR count). The second kappa shape index (κ2) is 10.4. The van der Waals surface area contributed by atoms with Crippen LogP contribution in [0.25, 0.3) is 5.76 Å². The van der Waals surface area contributed by atoms with Crippen LogP contribution in [-0.4, -0.2) is 67.1 Å². The van der Waals surface area contributed by atoms with Crippen LogP contribution in [0.4, 0.5) is 4.39 Å². The van der Waals surface area contributed by atoms with Crippen LogP contribution in [0.1, 0.15) is 31.0 Å². The summed E-state index contributed by atoms with van der Waals surface area (Å²) in [5, 5.41) is 13.4. The zero-order valence-corrected chi connectivity index (χ0v) is 19.6. The van der Waals surface area contributed by atoms with Gasteiger partial charge in [-0.1, -0.05) is 12.1 Å². The van der Waals surface area contributed by atoms with E-state index in [4.69, 9.17) is 4.74 Å². The Balaban J connectivity index is 1.69. The maximum atomic E-state index is 13.6. The van der Waals surface area contributed by atoms with Gasteiger partial charge in [-0.3, -0.25) is 9.59 Å². The van der Waals surface area contributed by atoms with E-state index in [0.29, 0.717) is 30.0 Å². The number of nitrogens with two attached hydrogens (primary N) is 1. The molecule has 0 saturated carbocycles. The van der Waals surface area contributed by atoms with Crippen molar-refractivity contribution in [1.29, 1.82) is 0 Å². The maximum Gasteiger partial charge on any atom is 0.295 e. The third-order valence-electron chi connectivity index (χ3n) is 6.34. The van der Waals surface area contributed by atoms with Crippen molar-refractivity contribution in [2.75, 3.05) is 39.3 Å². The number of carbonyl (C=O) groups is 2. The molecule has 0 radical (unpaired) electrons. The number of rotatable bonds is 7. The van der Waals surface area contributed by atoms with Crippen molar-refractivity contribution in [2.45, 2.75) is 26.0 Å². The third-order valence-corrected chi connectivity index (χ3v) is 6.34. The van der Waals surface area contributed by atoms with Crippen molar-refractivity contribution >= 4 is 17.4 Å². The molecule has 0 spiro atoms. The number of ketones is 1. The fraction of sp³-hybridized carbons (Fsp3) is 0.385. The van der Waals surface area contributed by atoms with Crippen molar-refractivity contribution < 1.29 is 34.0 Å². The van der Waals surface area contributed by atoms with E-state index in [9.17, 15) is 19.1 Å². The van der Waals surface area contributed by atoms with Crippen molar-refractivity contribution in [1.82, 2.24) is 4.90 Å². The number of likely N-dealkylation sites (tertiary alicyclic amines) is 1. The van der Waals surface area contributed by atoms with Crippen LogP contribution >= 0.6 is 0 Å². The number of nitrogens with one attached hydrogen (secondary N) is 1. The number of hydrogen-bond donors (Lipinski definition) is 3. The Kier molecular flexibility index (Phi) is 7.29. The molecule has 7 nitrogen and oxygen atoms in total. The lowest BCUT2D eigenvalue weighted by Crippen LogP contribution is -3.20. The maximum absolute atomic E-state index is 13.6. The summed E-state index contributed by atoms with van der Waals surface area (Å²) in [5.74, 6) is -1.37. The molecule has 8 heteroatoms. The van der Waals surface area contributed by atoms with Crippen molar-refractivity contribution in [2.24, 2.45) is 0 Å². The van der Waals surface area contributed by atoms with E-state index in [1.165, 1.54) is 21.9 Å². The molecule has 0 aliphatic carbocycles. The standard InChI is InChI=1S/C26H30FN3O4/c1-17(2)34-21-9-5-19(6-10-21)24(31)22-23(18-3-7-20(27)8-4-18)30(26(33)25(22)32)16-15-29-13-11-28-12-14-29/h3-10,17,23,28,31H,11-16H2,1-2H3/p+2/t23-/m0/s1. The summed E-state index contributed by atoms with van der Waals surface area (Å²) in [6.45, 7) is 8.98. The molecule has 2 aromatic carbocycles. The number of benzene rings is 2. The molecule has 1 amide bonds. The van der Waals surface area contributed by atoms with Crippen LogP contribution in [0.15, 0.2) is 54.1 Å². The van der Waals surface area contributed by atoms with Crippen LogP contribution < -0.4 is 15.0 Å². The molecular weight excluding hydrogens is 437 g/mol. The summed E-state index contributed by atoms with van der Waals surface area (Å²) in [4.78, 5) is 29.1. The Morgan fingerprint density at radius 2 is 1.76 bits per heavy atom. The van der Waals surface area contributed by atoms with E-state index in [-0.39, 0.29) is 17.4 Å². The Morgan fingerprint density at radius 1 is 1.12 bits per heavy atom. The number of Topliss-reactive ketones (excluding diaryl/α,β-unsaturated/α-hetero) is 1. The minimum absolute atomic E-state index is 0.00294. The number of hydrogen-bond acceptors (Lipinski definition) is 4. The molecule has 0 aromatic heterocycles. The number of carbonyl (C=O) groups excluding carboxylic acids is 2. The zero-order chi connectivity index (χ0) is 24.2. The molecule has 2 saturated heterocycles. The molecule has 2 fully saturated rings. The average Bonchev–Trinajstić information content (AvgIpc) is 3.08. The Morgan fingerprint density at radius 3 is 2.38 bits per heavy atom. The molecule has 4 N–H and O–H groups in total. The molecule has 2 heterocycles. The average molecular weight is 470 g/mol. The van der Waals surface area contributed by atoms with E-state index in [1.54, 1.807) is 36.4 Å². The van der Waals surface area contributed by atoms with Crippen LogP contribution in [0.3, 0.4) is 0 Å². The van der Waals surface area contributed by atoms with Gasteiger partial charge >= 0.3 is 0 Å². The number of amides is 1. The molecule has 0 bridgehead atoms. The van der Waals surface area contributed by atoms with Crippen molar-refractivity contribution in [3.8, 4) is 5.75 Å². The molecule has 2 aliphatic heterocycles. The van der Waals surface area contributed by atoms with E-state index in [1.807, 2.05) is 13.8 Å². The summed E-state index contributed by atoms with van der Waals surface area (Å²) in [5.41, 5.74) is 1.03. The minimum Gasteiger partial charge on any atom is -0.507 e. The highest BCUT2D eigenvalue weighted by Gasteiger charge is 2.46. The van der Waals surface area contributed by atoms with E-state index >= 15 is 0 Å². The second-order valence-electron chi connectivity index (χ2n) is 9.10. The Labute approximate surface area is 198 Å². The van der Waals surface area contributed by atoms with E-state index in [0.717, 1.165) is 26.2 Å². The largest absolute Gasteiger partial charge is 0.507 e. The van der Waals surface area contributed by atoms with Crippen LogP contribution in [0.5, 0.6) is 5.75 Å². The molecule has 34 heavy (non-hydrogen) atoms. The summed E-state index contributed by atoms with van der Waals surface area (Å²) >= 11 is 0. The van der Waals surface area contributed by atoms with Gasteiger partial charge in [-0.25, -0.2) is 4.39 Å². The second-order valence-corrected chi connectivity index (χ2v) is 9.10. The van der Waals surface area contributed by atoms with Gasteiger partial charge < -0.3 is 25.0 Å². The first-order valence-corrected chi connectivity index (χ1v) is 11.8. The first-order valence-electron chi connectivity index (χ1n) is 11.8. The number of piperazine rings is 1. The summed E-state index contributed by atoms with van der Waals surface area (Å²) in [6.07, 6.45) is 0.00294. The smallest absolute Gasteiger partial charge is 0.295 e. The van der Waals surface area contributed by atoms with Gasteiger partial charge in [0.2, 0.25) is 0 Å². The number of nitrogens with zero attached hydrogens (tertiary/aromatic N) is 1. The highest BCUT2D eigenvalue weighted by molar-refractivity contribution is 6.46. The number of aliphatic hydroxyl groups excluding tert-OH is 1. The number of ether oxygens (including phenoxy) is 1. The third kappa shape index (κ3) is 5.13. The van der Waals surface area contributed by atoms with Gasteiger partial charge in [0.15, 0.2) is 0 Å². The van der Waals surface area contributed by atoms with Crippen LogP contribution in [0, 0.1) is 5.82 Å². The molecule has 0 unspecified atom stereocenters. The Bertz CT molecular complexity index is 1060. The van der Waals surface area contributed by atoms with Crippen molar-refractivity contribution in [3.05, 3.63) is 71.0 Å². The van der Waals surface area contributed by atoms with Gasteiger partial charge in [0.05, 0.1) is 30.8 Å². The molecule has 2 aromatic rings. The highest BCUT2D eigenvalue weighted by atomic mass is 19.1. The van der Waals surface area contributed by atoms with Crippen LogP contribution in [-0.2, 0) is 9.59 Å². The number of quaternary nitrogens is 2. The number of aliphatic hydroxyl groups is 1. The van der Waals surface area contributed by atoms with E-state index in [2.05, 4.69) is 5.32 Å². The van der Waals surface area contributed by atoms with E-state index < -0.39 is 23.5 Å². The van der Waals surface area contributed by atoms with Gasteiger partial charge in [0, 0.05) is 5.56 Å². The lowest BCUT2D eigenvalue weighted by atomic mass is 9.95. The topological polar surface area (TPSA) is 87.9 Å². The van der Waals surface area contributed by atoms with Gasteiger partial charge in [-0.2, -0.15) is 0 Å². The van der Waals surface area contributed by atoms with Gasteiger partial charge in [0.25, 0.3) is 11.7 Å². The fourth-order valence-corrected chi connectivity index (χ4v) is 4.63. The quantitative estimate of drug-likeness (QED) is 0.313. The highest BCUT2D eigenvalue weighted by Crippen LogP contribution is 2.39. The fourth-order valence-electron chi connectivity index (χ4n) is 4.63. The predicted molar refractivity (Wildman–Crippen MR) is 125 cm³/mol. The first kappa shape index (κ1) is 23.9.